The van der Waals surface area contributed by atoms with Gasteiger partial charge in [0, 0.05) is 18.5 Å². The van der Waals surface area contributed by atoms with Crippen LogP contribution < -0.4 is 4.74 Å². The molecule has 1 aromatic heterocycles. The molecule has 0 aliphatic carbocycles. The van der Waals surface area contributed by atoms with Gasteiger partial charge in [0.05, 0.1) is 12.8 Å². The summed E-state index contributed by atoms with van der Waals surface area (Å²) in [6.07, 6.45) is 2.27. The number of rotatable bonds is 12. The van der Waals surface area contributed by atoms with E-state index >= 15 is 0 Å². The Balaban J connectivity index is 1.56. The van der Waals surface area contributed by atoms with E-state index in [1.807, 2.05) is 12.1 Å². The first-order chi connectivity index (χ1) is 16.6. The monoisotopic (exact) mass is 456 g/mol. The zero-order valence-corrected chi connectivity index (χ0v) is 20.7. The SMILES string of the molecule is C=C(c1cc2cccc(OC)c2o1)N(CCCCN(CC)CC)Cc1ccc2ccccc2c1. The molecular weight excluding hydrogens is 420 g/mol. The molecule has 0 aliphatic heterocycles. The van der Waals surface area contributed by atoms with Gasteiger partial charge in [0.15, 0.2) is 17.1 Å². The third kappa shape index (κ3) is 5.45. The maximum atomic E-state index is 6.25. The third-order valence-electron chi connectivity index (χ3n) is 6.63. The number of benzene rings is 3. The lowest BCUT2D eigenvalue weighted by atomic mass is 10.1. The molecule has 0 radical (unpaired) electrons. The van der Waals surface area contributed by atoms with Crippen LogP contribution in [0.1, 0.15) is 38.0 Å². The highest BCUT2D eigenvalue weighted by atomic mass is 16.5. The van der Waals surface area contributed by atoms with Gasteiger partial charge in [-0.05, 0) is 67.0 Å². The van der Waals surface area contributed by atoms with Gasteiger partial charge in [0.25, 0.3) is 0 Å². The van der Waals surface area contributed by atoms with Crippen molar-refractivity contribution in [1.29, 1.82) is 0 Å². The van der Waals surface area contributed by atoms with Crippen molar-refractivity contribution in [3.63, 3.8) is 0 Å². The smallest absolute Gasteiger partial charge is 0.176 e. The van der Waals surface area contributed by atoms with Crippen molar-refractivity contribution < 1.29 is 9.15 Å². The van der Waals surface area contributed by atoms with Crippen LogP contribution in [0.2, 0.25) is 0 Å². The Morgan fingerprint density at radius 2 is 1.59 bits per heavy atom. The average Bonchev–Trinajstić information content (AvgIpc) is 3.32. The van der Waals surface area contributed by atoms with Crippen LogP contribution in [0.4, 0.5) is 0 Å². The molecule has 0 spiro atoms. The molecule has 3 aromatic carbocycles. The Morgan fingerprint density at radius 1 is 0.853 bits per heavy atom. The van der Waals surface area contributed by atoms with E-state index in [0.717, 1.165) is 73.7 Å². The molecule has 0 bridgehead atoms. The van der Waals surface area contributed by atoms with Crippen LogP contribution >= 0.6 is 0 Å². The second-order valence-electron chi connectivity index (χ2n) is 8.77. The van der Waals surface area contributed by atoms with Gasteiger partial charge in [0.2, 0.25) is 0 Å². The number of hydrogen-bond donors (Lipinski definition) is 0. The van der Waals surface area contributed by atoms with Gasteiger partial charge in [-0.3, -0.25) is 0 Å². The van der Waals surface area contributed by atoms with Crippen molar-refractivity contribution >= 4 is 27.4 Å². The summed E-state index contributed by atoms with van der Waals surface area (Å²) in [6, 6.07) is 23.3. The van der Waals surface area contributed by atoms with Gasteiger partial charge < -0.3 is 19.0 Å². The molecule has 0 atom stereocenters. The van der Waals surface area contributed by atoms with E-state index in [4.69, 9.17) is 9.15 Å². The normalized spacial score (nSPS) is 11.4. The molecule has 0 amide bonds. The Hall–Kier alpha value is -3.24. The van der Waals surface area contributed by atoms with Crippen LogP contribution in [0.5, 0.6) is 5.75 Å². The summed E-state index contributed by atoms with van der Waals surface area (Å²) < 4.78 is 11.7. The number of fused-ring (bicyclic) bond motifs is 2. The first-order valence-corrected chi connectivity index (χ1v) is 12.3. The predicted molar refractivity (Wildman–Crippen MR) is 143 cm³/mol. The summed E-state index contributed by atoms with van der Waals surface area (Å²) in [5.74, 6) is 1.54. The van der Waals surface area contributed by atoms with Gasteiger partial charge in [-0.1, -0.05) is 69.0 Å². The molecule has 0 fully saturated rings. The number of unbranched alkanes of at least 4 members (excludes halogenated alkanes) is 1. The fourth-order valence-corrected chi connectivity index (χ4v) is 4.54. The van der Waals surface area contributed by atoms with Gasteiger partial charge in [-0.25, -0.2) is 0 Å². The van der Waals surface area contributed by atoms with Gasteiger partial charge in [-0.2, -0.15) is 0 Å². The van der Waals surface area contributed by atoms with Crippen LogP contribution in [0.3, 0.4) is 0 Å². The van der Waals surface area contributed by atoms with E-state index in [-0.39, 0.29) is 0 Å². The number of ether oxygens (including phenoxy) is 1. The summed E-state index contributed by atoms with van der Waals surface area (Å²) in [5, 5.41) is 3.56. The fourth-order valence-electron chi connectivity index (χ4n) is 4.54. The summed E-state index contributed by atoms with van der Waals surface area (Å²) in [5.41, 5.74) is 2.96. The molecule has 0 saturated carbocycles. The predicted octanol–water partition coefficient (Wildman–Crippen LogP) is 7.19. The lowest BCUT2D eigenvalue weighted by Crippen LogP contribution is -2.26. The Bertz CT molecular complexity index is 1240. The highest BCUT2D eigenvalue weighted by Crippen LogP contribution is 2.32. The lowest BCUT2D eigenvalue weighted by molar-refractivity contribution is 0.285. The van der Waals surface area contributed by atoms with Gasteiger partial charge in [-0.15, -0.1) is 0 Å². The molecule has 0 N–H and O–H groups in total. The van der Waals surface area contributed by atoms with Crippen LogP contribution in [-0.4, -0.2) is 43.1 Å². The van der Waals surface area contributed by atoms with Crippen LogP contribution in [0.15, 0.2) is 77.7 Å². The number of nitrogens with zero attached hydrogens (tertiary/aromatic N) is 2. The molecule has 0 unspecified atom stereocenters. The quantitative estimate of drug-likeness (QED) is 0.211. The Labute approximate surface area is 203 Å². The zero-order valence-electron chi connectivity index (χ0n) is 20.7. The minimum atomic E-state index is 0.747. The van der Waals surface area contributed by atoms with Crippen LogP contribution in [-0.2, 0) is 6.54 Å². The topological polar surface area (TPSA) is 28.9 Å². The second-order valence-corrected chi connectivity index (χ2v) is 8.77. The molecule has 4 heteroatoms. The van der Waals surface area contributed by atoms with Crippen LogP contribution in [0, 0.1) is 0 Å². The highest BCUT2D eigenvalue weighted by molar-refractivity contribution is 5.86. The zero-order chi connectivity index (χ0) is 23.9. The molecule has 4 rings (SSSR count). The standard InChI is InChI=1S/C30H36N2O2/c1-5-31(6-2)18-9-10-19-32(22-24-16-17-25-12-7-8-13-26(25)20-24)23(3)29-21-27-14-11-15-28(33-4)30(27)34-29/h7-8,11-17,20-21H,3,5-6,9-10,18-19,22H2,1-2,4H3. The minimum Gasteiger partial charge on any atom is -0.493 e. The fraction of sp³-hybridized carbons (Fsp3) is 0.333. The van der Waals surface area contributed by atoms with E-state index in [1.165, 1.54) is 16.3 Å². The number of para-hydroxylation sites is 1. The molecule has 4 aromatic rings. The molecule has 0 saturated heterocycles. The van der Waals surface area contributed by atoms with Crippen molar-refractivity contribution in [3.05, 3.63) is 84.6 Å². The minimum absolute atomic E-state index is 0.747. The van der Waals surface area contributed by atoms with Crippen LogP contribution in [0.25, 0.3) is 27.4 Å². The van der Waals surface area contributed by atoms with Crippen molar-refractivity contribution in [3.8, 4) is 5.75 Å². The van der Waals surface area contributed by atoms with Gasteiger partial charge in [0.1, 0.15) is 0 Å². The summed E-state index contributed by atoms with van der Waals surface area (Å²) in [7, 11) is 1.67. The molecule has 0 aliphatic rings. The van der Waals surface area contributed by atoms with E-state index in [9.17, 15) is 0 Å². The molecule has 4 nitrogen and oxygen atoms in total. The highest BCUT2D eigenvalue weighted by Gasteiger charge is 2.17. The van der Waals surface area contributed by atoms with Crippen molar-refractivity contribution in [2.24, 2.45) is 0 Å². The number of methoxy groups -OCH3 is 1. The molecule has 178 valence electrons. The van der Waals surface area contributed by atoms with Crippen molar-refractivity contribution in [2.45, 2.75) is 33.2 Å². The maximum absolute atomic E-state index is 6.25. The number of furan rings is 1. The third-order valence-corrected chi connectivity index (χ3v) is 6.63. The molecular formula is C30H36N2O2. The first kappa shape index (κ1) is 23.9. The number of hydrogen-bond acceptors (Lipinski definition) is 4. The van der Waals surface area contributed by atoms with Crippen molar-refractivity contribution in [1.82, 2.24) is 9.80 Å². The Morgan fingerprint density at radius 3 is 2.35 bits per heavy atom. The van der Waals surface area contributed by atoms with E-state index in [1.54, 1.807) is 7.11 Å². The van der Waals surface area contributed by atoms with Crippen molar-refractivity contribution in [2.75, 3.05) is 33.3 Å². The maximum Gasteiger partial charge on any atom is 0.176 e. The summed E-state index contributed by atoms with van der Waals surface area (Å²) in [4.78, 5) is 4.84. The second kappa shape index (κ2) is 11.3. The largest absolute Gasteiger partial charge is 0.493 e. The van der Waals surface area contributed by atoms with Gasteiger partial charge >= 0.3 is 0 Å². The summed E-state index contributed by atoms with van der Waals surface area (Å²) in [6.45, 7) is 14.0. The van der Waals surface area contributed by atoms with E-state index in [2.05, 4.69) is 84.8 Å². The average molecular weight is 457 g/mol. The first-order valence-electron chi connectivity index (χ1n) is 12.3. The van der Waals surface area contributed by atoms with E-state index in [0.29, 0.717) is 0 Å². The summed E-state index contributed by atoms with van der Waals surface area (Å²) >= 11 is 0. The lowest BCUT2D eigenvalue weighted by Gasteiger charge is -2.27. The molecule has 34 heavy (non-hydrogen) atoms. The van der Waals surface area contributed by atoms with E-state index < -0.39 is 0 Å². The Kier molecular flexibility index (Phi) is 7.91. The molecule has 1 heterocycles.